The molecule has 0 aromatic rings. The summed E-state index contributed by atoms with van der Waals surface area (Å²) < 4.78 is 24.6. The maximum atomic E-state index is 10.0. The summed E-state index contributed by atoms with van der Waals surface area (Å²) in [6.07, 6.45) is -1.73. The smallest absolute Gasteiger partial charge is 0.450 e. The van der Waals surface area contributed by atoms with E-state index in [9.17, 15) is 4.79 Å². The minimum Gasteiger partial charge on any atom is -0.450 e. The molecule has 0 saturated carbocycles. The van der Waals surface area contributed by atoms with E-state index in [0.717, 1.165) is 0 Å². The molecule has 0 rings (SSSR count). The Kier molecular flexibility index (Phi) is 11.0. The SMILES string of the molecule is COCCOCCOC(C)OCCOC(=O)O. The first-order valence-corrected chi connectivity index (χ1v) is 5.32. The first-order chi connectivity index (χ1) is 8.16. The van der Waals surface area contributed by atoms with Gasteiger partial charge in [-0.1, -0.05) is 0 Å². The molecule has 0 saturated heterocycles. The Morgan fingerprint density at radius 2 is 1.65 bits per heavy atom. The number of carbonyl (C=O) groups is 1. The third kappa shape index (κ3) is 13.0. The van der Waals surface area contributed by atoms with Gasteiger partial charge in [0.2, 0.25) is 0 Å². The van der Waals surface area contributed by atoms with Gasteiger partial charge in [0.05, 0.1) is 33.0 Å². The molecule has 0 spiro atoms. The minimum atomic E-state index is -1.31. The molecule has 1 N–H and O–H groups in total. The average Bonchev–Trinajstić information content (AvgIpc) is 2.29. The zero-order valence-corrected chi connectivity index (χ0v) is 10.2. The molecular weight excluding hydrogens is 232 g/mol. The Morgan fingerprint density at radius 1 is 1.06 bits per heavy atom. The van der Waals surface area contributed by atoms with Crippen molar-refractivity contribution in [3.8, 4) is 0 Å². The lowest BCUT2D eigenvalue weighted by molar-refractivity contribution is -0.145. The predicted molar refractivity (Wildman–Crippen MR) is 58.0 cm³/mol. The number of hydrogen-bond donors (Lipinski definition) is 1. The van der Waals surface area contributed by atoms with Gasteiger partial charge in [-0.2, -0.15) is 0 Å². The second-order valence-corrected chi connectivity index (χ2v) is 3.03. The van der Waals surface area contributed by atoms with Crippen molar-refractivity contribution in [2.45, 2.75) is 13.2 Å². The molecule has 0 amide bonds. The Labute approximate surface area is 101 Å². The highest BCUT2D eigenvalue weighted by Gasteiger charge is 2.02. The molecule has 0 fully saturated rings. The van der Waals surface area contributed by atoms with Crippen LogP contribution in [-0.4, -0.2) is 64.3 Å². The normalized spacial score (nSPS) is 12.4. The fraction of sp³-hybridized carbons (Fsp3) is 0.900. The van der Waals surface area contributed by atoms with E-state index in [1.807, 2.05) is 0 Å². The maximum absolute atomic E-state index is 10.0. The second kappa shape index (κ2) is 11.6. The topological polar surface area (TPSA) is 83.5 Å². The molecule has 0 aliphatic carbocycles. The van der Waals surface area contributed by atoms with E-state index in [1.54, 1.807) is 14.0 Å². The molecule has 0 heterocycles. The molecule has 0 aliphatic heterocycles. The monoisotopic (exact) mass is 252 g/mol. The van der Waals surface area contributed by atoms with Crippen LogP contribution in [0.25, 0.3) is 0 Å². The summed E-state index contributed by atoms with van der Waals surface area (Å²) >= 11 is 0. The van der Waals surface area contributed by atoms with Gasteiger partial charge in [-0.3, -0.25) is 0 Å². The molecule has 1 atom stereocenters. The van der Waals surface area contributed by atoms with E-state index >= 15 is 0 Å². The Morgan fingerprint density at radius 3 is 2.24 bits per heavy atom. The van der Waals surface area contributed by atoms with Crippen LogP contribution in [0.3, 0.4) is 0 Å². The van der Waals surface area contributed by atoms with Crippen molar-refractivity contribution in [2.24, 2.45) is 0 Å². The summed E-state index contributed by atoms with van der Waals surface area (Å²) in [6, 6.07) is 0. The first kappa shape index (κ1) is 16.1. The van der Waals surface area contributed by atoms with Crippen molar-refractivity contribution in [3.63, 3.8) is 0 Å². The van der Waals surface area contributed by atoms with Crippen LogP contribution in [0, 0.1) is 0 Å². The molecule has 0 bridgehead atoms. The minimum absolute atomic E-state index is 0.00658. The highest BCUT2D eigenvalue weighted by Crippen LogP contribution is 1.93. The van der Waals surface area contributed by atoms with Crippen molar-refractivity contribution in [3.05, 3.63) is 0 Å². The quantitative estimate of drug-likeness (QED) is 0.329. The maximum Gasteiger partial charge on any atom is 0.505 e. The van der Waals surface area contributed by atoms with Gasteiger partial charge < -0.3 is 28.8 Å². The Balaban J connectivity index is 3.17. The summed E-state index contributed by atoms with van der Waals surface area (Å²) in [5, 5.41) is 8.19. The number of ether oxygens (including phenoxy) is 5. The zero-order chi connectivity index (χ0) is 12.9. The van der Waals surface area contributed by atoms with E-state index in [-0.39, 0.29) is 13.2 Å². The van der Waals surface area contributed by atoms with Gasteiger partial charge in [-0.05, 0) is 6.92 Å². The molecule has 102 valence electrons. The van der Waals surface area contributed by atoms with Crippen molar-refractivity contribution < 1.29 is 33.6 Å². The largest absolute Gasteiger partial charge is 0.505 e. The van der Waals surface area contributed by atoms with Gasteiger partial charge in [-0.15, -0.1) is 0 Å². The molecule has 1 unspecified atom stereocenters. The van der Waals surface area contributed by atoms with Gasteiger partial charge in [0, 0.05) is 7.11 Å². The van der Waals surface area contributed by atoms with Gasteiger partial charge >= 0.3 is 6.16 Å². The van der Waals surface area contributed by atoms with Crippen LogP contribution in [-0.2, 0) is 23.7 Å². The van der Waals surface area contributed by atoms with Crippen LogP contribution >= 0.6 is 0 Å². The molecule has 0 aromatic carbocycles. The van der Waals surface area contributed by atoms with E-state index in [2.05, 4.69) is 4.74 Å². The zero-order valence-electron chi connectivity index (χ0n) is 10.2. The lowest BCUT2D eigenvalue weighted by atomic mass is 10.6. The fourth-order valence-electron chi connectivity index (χ4n) is 0.908. The second-order valence-electron chi connectivity index (χ2n) is 3.03. The predicted octanol–water partition coefficient (Wildman–Crippen LogP) is 0.723. The van der Waals surface area contributed by atoms with Gasteiger partial charge in [-0.25, -0.2) is 4.79 Å². The third-order valence-electron chi connectivity index (χ3n) is 1.67. The lowest BCUT2D eigenvalue weighted by Gasteiger charge is -2.13. The summed E-state index contributed by atoms with van der Waals surface area (Å²) in [7, 11) is 1.61. The highest BCUT2D eigenvalue weighted by molar-refractivity contribution is 5.56. The number of rotatable bonds is 11. The first-order valence-electron chi connectivity index (χ1n) is 5.32. The number of carboxylic acid groups (broad SMARTS) is 1. The van der Waals surface area contributed by atoms with Crippen molar-refractivity contribution >= 4 is 6.16 Å². The molecule has 7 nitrogen and oxygen atoms in total. The molecule has 0 radical (unpaired) electrons. The molecule has 17 heavy (non-hydrogen) atoms. The standard InChI is InChI=1S/C10H20O7/c1-9(16-7-8-17-10(11)12)15-6-5-14-4-3-13-2/h9H,3-8H2,1-2H3,(H,11,12). The van der Waals surface area contributed by atoms with Crippen LogP contribution in [0.4, 0.5) is 4.79 Å². The van der Waals surface area contributed by atoms with E-state index in [4.69, 9.17) is 24.1 Å². The van der Waals surface area contributed by atoms with Crippen LogP contribution in [0.5, 0.6) is 0 Å². The Bertz CT molecular complexity index is 185. The molecule has 7 heteroatoms. The number of methoxy groups -OCH3 is 1. The summed E-state index contributed by atoms with van der Waals surface area (Å²) in [6.45, 7) is 3.83. The van der Waals surface area contributed by atoms with Crippen molar-refractivity contribution in [2.75, 3.05) is 46.8 Å². The lowest BCUT2D eigenvalue weighted by Crippen LogP contribution is -2.19. The van der Waals surface area contributed by atoms with Crippen LogP contribution < -0.4 is 0 Å². The highest BCUT2D eigenvalue weighted by atomic mass is 16.7. The van der Waals surface area contributed by atoms with Gasteiger partial charge in [0.15, 0.2) is 6.29 Å². The number of hydrogen-bond acceptors (Lipinski definition) is 6. The molecule has 0 aromatic heterocycles. The van der Waals surface area contributed by atoms with Crippen molar-refractivity contribution in [1.29, 1.82) is 0 Å². The van der Waals surface area contributed by atoms with Crippen molar-refractivity contribution in [1.82, 2.24) is 0 Å². The van der Waals surface area contributed by atoms with Crippen LogP contribution in [0.15, 0.2) is 0 Å². The van der Waals surface area contributed by atoms with E-state index < -0.39 is 12.4 Å². The summed E-state index contributed by atoms with van der Waals surface area (Å²) in [4.78, 5) is 10.0. The van der Waals surface area contributed by atoms with Crippen LogP contribution in [0.2, 0.25) is 0 Å². The van der Waals surface area contributed by atoms with Gasteiger partial charge in [0.25, 0.3) is 0 Å². The third-order valence-corrected chi connectivity index (χ3v) is 1.67. The van der Waals surface area contributed by atoms with E-state index in [1.165, 1.54) is 0 Å². The van der Waals surface area contributed by atoms with Gasteiger partial charge in [0.1, 0.15) is 6.61 Å². The van der Waals surface area contributed by atoms with E-state index in [0.29, 0.717) is 26.4 Å². The summed E-state index contributed by atoms with van der Waals surface area (Å²) in [5.74, 6) is 0. The van der Waals surface area contributed by atoms with Crippen LogP contribution in [0.1, 0.15) is 6.92 Å². The molecule has 0 aliphatic rings. The fourth-order valence-corrected chi connectivity index (χ4v) is 0.908. The average molecular weight is 252 g/mol. The summed E-state index contributed by atoms with van der Waals surface area (Å²) in [5.41, 5.74) is 0. The molecular formula is C10H20O7. The Hall–Kier alpha value is -0.890.